The molecule has 0 bridgehead atoms. The predicted octanol–water partition coefficient (Wildman–Crippen LogP) is -0.945. The highest BCUT2D eigenvalue weighted by Gasteiger charge is 2.24. The molecule has 0 aromatic carbocycles. The molecular weight excluding hydrogens is 284 g/mol. The van der Waals surface area contributed by atoms with Gasteiger partial charge in [-0.15, -0.1) is 0 Å². The molecule has 1 heterocycles. The molecule has 8 nitrogen and oxygen atoms in total. The van der Waals surface area contributed by atoms with Gasteiger partial charge in [-0.3, -0.25) is 9.36 Å². The van der Waals surface area contributed by atoms with E-state index in [-0.39, 0.29) is 6.42 Å². The molecule has 0 aliphatic rings. The molecule has 0 fully saturated rings. The van der Waals surface area contributed by atoms with Gasteiger partial charge in [0.15, 0.2) is 4.90 Å². The maximum absolute atomic E-state index is 12.2. The van der Waals surface area contributed by atoms with Crippen LogP contribution in [0.2, 0.25) is 0 Å². The van der Waals surface area contributed by atoms with E-state index in [1.807, 2.05) is 6.07 Å². The van der Waals surface area contributed by atoms with Gasteiger partial charge >= 0.3 is 5.69 Å². The number of aryl methyl sites for hydroxylation is 1. The fraction of sp³-hybridized carbons (Fsp3) is 0.545. The van der Waals surface area contributed by atoms with Gasteiger partial charge in [0.05, 0.1) is 12.5 Å². The summed E-state index contributed by atoms with van der Waals surface area (Å²) in [5.74, 6) is 0. The number of nitrogens with one attached hydrogen (secondary N) is 1. The van der Waals surface area contributed by atoms with Crippen LogP contribution in [-0.2, 0) is 24.1 Å². The Bertz CT molecular complexity index is 754. The van der Waals surface area contributed by atoms with Crippen molar-refractivity contribution in [3.63, 3.8) is 0 Å². The third-order valence-corrected chi connectivity index (χ3v) is 4.36. The summed E-state index contributed by atoms with van der Waals surface area (Å²) in [7, 11) is -1.52. The molecule has 0 saturated heterocycles. The Morgan fingerprint density at radius 2 is 2.00 bits per heavy atom. The molecular formula is C11H16N4O4S. The van der Waals surface area contributed by atoms with Crippen molar-refractivity contribution in [2.75, 3.05) is 0 Å². The number of rotatable bonds is 5. The normalized spacial score (nSPS) is 12.9. The summed E-state index contributed by atoms with van der Waals surface area (Å²) in [6.07, 6.45) is 1.40. The van der Waals surface area contributed by atoms with Crippen molar-refractivity contribution in [2.24, 2.45) is 14.1 Å². The third-order valence-electron chi connectivity index (χ3n) is 2.86. The first-order valence-corrected chi connectivity index (χ1v) is 7.38. The Labute approximate surface area is 116 Å². The average molecular weight is 300 g/mol. The first-order chi connectivity index (χ1) is 9.24. The van der Waals surface area contributed by atoms with Gasteiger partial charge in [0, 0.05) is 26.3 Å². The number of aromatic nitrogens is 2. The van der Waals surface area contributed by atoms with E-state index in [0.29, 0.717) is 6.42 Å². The van der Waals surface area contributed by atoms with Gasteiger partial charge in [-0.05, 0) is 6.42 Å². The summed E-state index contributed by atoms with van der Waals surface area (Å²) in [5.41, 5.74) is -1.51. The molecule has 20 heavy (non-hydrogen) atoms. The lowest BCUT2D eigenvalue weighted by Crippen LogP contribution is -2.43. The van der Waals surface area contributed by atoms with Gasteiger partial charge < -0.3 is 4.57 Å². The second-order valence-corrected chi connectivity index (χ2v) is 6.02. The summed E-state index contributed by atoms with van der Waals surface area (Å²) < 4.78 is 28.4. The maximum atomic E-state index is 12.2. The van der Waals surface area contributed by atoms with Gasteiger partial charge in [0.2, 0.25) is 10.0 Å². The molecule has 110 valence electrons. The molecule has 9 heteroatoms. The molecule has 0 saturated carbocycles. The van der Waals surface area contributed by atoms with Crippen LogP contribution in [0, 0.1) is 11.3 Å². The van der Waals surface area contributed by atoms with E-state index in [2.05, 4.69) is 4.72 Å². The third kappa shape index (κ3) is 3.15. The minimum atomic E-state index is -4.08. The Hall–Kier alpha value is -1.92. The SMILES string of the molecule is CCC(CC#N)NS(=O)(=O)c1cn(C)c(=O)n(C)c1=O. The molecule has 0 radical (unpaired) electrons. The largest absolute Gasteiger partial charge is 0.330 e. The molecule has 1 aromatic heterocycles. The van der Waals surface area contributed by atoms with Crippen LogP contribution in [0.5, 0.6) is 0 Å². The Morgan fingerprint density at radius 3 is 2.50 bits per heavy atom. The zero-order valence-electron chi connectivity index (χ0n) is 11.5. The van der Waals surface area contributed by atoms with Crippen molar-refractivity contribution < 1.29 is 8.42 Å². The Kier molecular flexibility index (Phi) is 4.86. The highest BCUT2D eigenvalue weighted by Crippen LogP contribution is 2.05. The van der Waals surface area contributed by atoms with Crippen LogP contribution in [0.25, 0.3) is 0 Å². The zero-order valence-corrected chi connectivity index (χ0v) is 12.3. The zero-order chi connectivity index (χ0) is 15.5. The molecule has 0 amide bonds. The van der Waals surface area contributed by atoms with Gasteiger partial charge in [-0.2, -0.15) is 5.26 Å². The summed E-state index contributed by atoms with van der Waals surface area (Å²) >= 11 is 0. The minimum Gasteiger partial charge on any atom is -0.302 e. The van der Waals surface area contributed by atoms with Crippen molar-refractivity contribution in [3.8, 4) is 6.07 Å². The van der Waals surface area contributed by atoms with E-state index < -0.39 is 32.2 Å². The second-order valence-electron chi connectivity index (χ2n) is 4.34. The Morgan fingerprint density at radius 1 is 1.40 bits per heavy atom. The molecule has 1 rings (SSSR count). The molecule has 1 aromatic rings. The van der Waals surface area contributed by atoms with E-state index in [0.717, 1.165) is 15.3 Å². The van der Waals surface area contributed by atoms with Gasteiger partial charge in [-0.1, -0.05) is 6.92 Å². The van der Waals surface area contributed by atoms with Crippen molar-refractivity contribution in [1.29, 1.82) is 5.26 Å². The van der Waals surface area contributed by atoms with Crippen molar-refractivity contribution in [1.82, 2.24) is 13.9 Å². The van der Waals surface area contributed by atoms with Crippen LogP contribution in [0.4, 0.5) is 0 Å². The minimum absolute atomic E-state index is 0.00180. The van der Waals surface area contributed by atoms with E-state index in [9.17, 15) is 18.0 Å². The molecule has 1 unspecified atom stereocenters. The van der Waals surface area contributed by atoms with Crippen LogP contribution in [-0.4, -0.2) is 23.6 Å². The van der Waals surface area contributed by atoms with E-state index in [4.69, 9.17) is 5.26 Å². The van der Waals surface area contributed by atoms with Gasteiger partial charge in [0.25, 0.3) is 5.56 Å². The number of sulfonamides is 1. The lowest BCUT2D eigenvalue weighted by Gasteiger charge is -2.14. The van der Waals surface area contributed by atoms with Gasteiger partial charge in [0.1, 0.15) is 0 Å². The quantitative estimate of drug-likeness (QED) is 0.753. The Balaban J connectivity index is 3.35. The van der Waals surface area contributed by atoms with E-state index >= 15 is 0 Å². The summed E-state index contributed by atoms with van der Waals surface area (Å²) in [5, 5.41) is 8.62. The molecule has 0 aliphatic heterocycles. The second kappa shape index (κ2) is 6.02. The molecule has 0 aliphatic carbocycles. The number of nitrogens with zero attached hydrogens (tertiary/aromatic N) is 3. The highest BCUT2D eigenvalue weighted by molar-refractivity contribution is 7.89. The van der Waals surface area contributed by atoms with Crippen molar-refractivity contribution >= 4 is 10.0 Å². The summed E-state index contributed by atoms with van der Waals surface area (Å²) in [6, 6.07) is 1.30. The van der Waals surface area contributed by atoms with Crippen molar-refractivity contribution in [2.45, 2.75) is 30.7 Å². The van der Waals surface area contributed by atoms with Crippen LogP contribution in [0.15, 0.2) is 20.7 Å². The highest BCUT2D eigenvalue weighted by atomic mass is 32.2. The summed E-state index contributed by atoms with van der Waals surface area (Å²) in [4.78, 5) is 22.9. The maximum Gasteiger partial charge on any atom is 0.330 e. The fourth-order valence-corrected chi connectivity index (χ4v) is 3.10. The van der Waals surface area contributed by atoms with Gasteiger partial charge in [-0.25, -0.2) is 17.9 Å². The van der Waals surface area contributed by atoms with Crippen LogP contribution < -0.4 is 16.0 Å². The van der Waals surface area contributed by atoms with Crippen LogP contribution in [0.3, 0.4) is 0 Å². The first kappa shape index (κ1) is 16.1. The van der Waals surface area contributed by atoms with E-state index in [1.54, 1.807) is 6.92 Å². The number of hydrogen-bond donors (Lipinski definition) is 1. The number of hydrogen-bond acceptors (Lipinski definition) is 5. The monoisotopic (exact) mass is 300 g/mol. The predicted molar refractivity (Wildman–Crippen MR) is 71.6 cm³/mol. The van der Waals surface area contributed by atoms with E-state index in [1.165, 1.54) is 14.1 Å². The average Bonchev–Trinajstić information content (AvgIpc) is 2.39. The number of nitriles is 1. The standard InChI is InChI=1S/C11H16N4O4S/c1-4-8(5-6-12)13-20(18,19)9-7-14(2)11(17)15(3)10(9)16/h7-8,13H,4-5H2,1-3H3. The molecule has 1 N–H and O–H groups in total. The summed E-state index contributed by atoms with van der Waals surface area (Å²) in [6.45, 7) is 1.73. The lowest BCUT2D eigenvalue weighted by molar-refractivity contribution is 0.536. The lowest BCUT2D eigenvalue weighted by atomic mass is 10.2. The van der Waals surface area contributed by atoms with Crippen molar-refractivity contribution in [3.05, 3.63) is 27.0 Å². The topological polar surface area (TPSA) is 114 Å². The molecule has 1 atom stereocenters. The fourth-order valence-electron chi connectivity index (χ4n) is 1.62. The van der Waals surface area contributed by atoms with Crippen LogP contribution >= 0.6 is 0 Å². The van der Waals surface area contributed by atoms with Crippen LogP contribution in [0.1, 0.15) is 19.8 Å². The smallest absolute Gasteiger partial charge is 0.302 e. The first-order valence-electron chi connectivity index (χ1n) is 5.90. The molecule has 0 spiro atoms.